The van der Waals surface area contributed by atoms with Gasteiger partial charge in [0.25, 0.3) is 0 Å². The highest BCUT2D eigenvalue weighted by Crippen LogP contribution is 2.26. The Kier molecular flexibility index (Phi) is 4.52. The lowest BCUT2D eigenvalue weighted by molar-refractivity contribution is 0.485. The third-order valence-corrected chi connectivity index (χ3v) is 4.59. The monoisotopic (exact) mass is 261 g/mol. The Morgan fingerprint density at radius 1 is 1.44 bits per heavy atom. The van der Waals surface area contributed by atoms with Gasteiger partial charge < -0.3 is 5.32 Å². The fraction of sp³-hybridized carbons (Fsp3) is 0.636. The molecule has 0 radical (unpaired) electrons. The lowest BCUT2D eigenvalue weighted by Crippen LogP contribution is -2.34. The maximum absolute atomic E-state index is 10.9. The van der Waals surface area contributed by atoms with E-state index in [1.54, 1.807) is 11.3 Å². The predicted octanol–water partition coefficient (Wildman–Crippen LogP) is 1.66. The maximum Gasteiger partial charge on any atom is 0.148 e. The zero-order valence-corrected chi connectivity index (χ0v) is 11.6. The lowest BCUT2D eigenvalue weighted by Gasteiger charge is -2.23. The Balaban J connectivity index is 2.38. The van der Waals surface area contributed by atoms with Crippen LogP contribution in [-0.2, 0) is 15.3 Å². The Morgan fingerprint density at radius 2 is 2.12 bits per heavy atom. The van der Waals surface area contributed by atoms with Crippen LogP contribution >= 0.6 is 11.3 Å². The summed E-state index contributed by atoms with van der Waals surface area (Å²) in [6.07, 6.45) is 1.26. The normalized spacial score (nSPS) is 12.9. The van der Waals surface area contributed by atoms with Crippen molar-refractivity contribution in [1.29, 1.82) is 0 Å². The van der Waals surface area contributed by atoms with Crippen LogP contribution in [0.25, 0.3) is 0 Å². The van der Waals surface area contributed by atoms with Gasteiger partial charge in [0.1, 0.15) is 9.84 Å². The van der Waals surface area contributed by atoms with Crippen LogP contribution in [0.3, 0.4) is 0 Å². The molecule has 1 aromatic rings. The molecule has 0 saturated heterocycles. The second-order valence-corrected chi connectivity index (χ2v) is 7.88. The Morgan fingerprint density at radius 3 is 2.62 bits per heavy atom. The first-order valence-corrected chi connectivity index (χ1v) is 8.18. The van der Waals surface area contributed by atoms with Crippen molar-refractivity contribution in [3.05, 3.63) is 22.4 Å². The Labute approximate surface area is 102 Å². The molecule has 0 amide bonds. The van der Waals surface area contributed by atoms with Gasteiger partial charge in [0, 0.05) is 29.6 Å². The number of thiophene rings is 1. The molecule has 92 valence electrons. The lowest BCUT2D eigenvalue weighted by atomic mass is 9.91. The summed E-state index contributed by atoms with van der Waals surface area (Å²) in [5, 5.41) is 5.26. The first-order valence-electron chi connectivity index (χ1n) is 5.24. The zero-order valence-electron chi connectivity index (χ0n) is 9.99. The summed E-state index contributed by atoms with van der Waals surface area (Å²) < 4.78 is 21.9. The van der Waals surface area contributed by atoms with Gasteiger partial charge in [-0.25, -0.2) is 8.42 Å². The molecule has 1 heterocycles. The highest BCUT2D eigenvalue weighted by molar-refractivity contribution is 7.90. The van der Waals surface area contributed by atoms with Gasteiger partial charge in [-0.2, -0.15) is 0 Å². The van der Waals surface area contributed by atoms with Crippen LogP contribution in [0.2, 0.25) is 0 Å². The van der Waals surface area contributed by atoms with Gasteiger partial charge in [-0.05, 0) is 11.4 Å². The predicted molar refractivity (Wildman–Crippen MR) is 69.9 cm³/mol. The molecule has 3 nitrogen and oxygen atoms in total. The molecular formula is C11H19NO2S2. The first-order chi connectivity index (χ1) is 7.31. The van der Waals surface area contributed by atoms with Crippen molar-refractivity contribution in [3.63, 3.8) is 0 Å². The van der Waals surface area contributed by atoms with E-state index in [0.717, 1.165) is 6.54 Å². The van der Waals surface area contributed by atoms with Crippen LogP contribution < -0.4 is 5.32 Å². The van der Waals surface area contributed by atoms with Gasteiger partial charge in [0.05, 0.1) is 5.75 Å². The Bertz CT molecular complexity index is 407. The molecule has 0 aliphatic heterocycles. The van der Waals surface area contributed by atoms with Crippen LogP contribution in [0.15, 0.2) is 17.5 Å². The molecule has 0 aromatic carbocycles. The van der Waals surface area contributed by atoms with Gasteiger partial charge in [-0.1, -0.05) is 19.9 Å². The molecule has 1 N–H and O–H groups in total. The van der Waals surface area contributed by atoms with Gasteiger partial charge in [0.15, 0.2) is 0 Å². The molecule has 16 heavy (non-hydrogen) atoms. The molecule has 0 spiro atoms. The second kappa shape index (κ2) is 5.29. The molecule has 0 fully saturated rings. The van der Waals surface area contributed by atoms with Crippen molar-refractivity contribution in [3.8, 4) is 0 Å². The minimum absolute atomic E-state index is 0.0612. The topological polar surface area (TPSA) is 46.2 Å². The van der Waals surface area contributed by atoms with Crippen LogP contribution in [0.1, 0.15) is 18.7 Å². The molecule has 0 aliphatic rings. The first kappa shape index (κ1) is 13.7. The molecule has 0 atom stereocenters. The number of hydrogen-bond acceptors (Lipinski definition) is 4. The molecule has 0 saturated carbocycles. The van der Waals surface area contributed by atoms with Gasteiger partial charge in [0.2, 0.25) is 0 Å². The SMILES string of the molecule is CC(C)(CNCCS(C)(=O)=O)c1cccs1. The zero-order chi connectivity index (χ0) is 12.2. The van der Waals surface area contributed by atoms with Crippen molar-refractivity contribution in [2.75, 3.05) is 25.1 Å². The smallest absolute Gasteiger partial charge is 0.148 e. The van der Waals surface area contributed by atoms with E-state index in [4.69, 9.17) is 0 Å². The average molecular weight is 261 g/mol. The van der Waals surface area contributed by atoms with E-state index >= 15 is 0 Å². The highest BCUT2D eigenvalue weighted by Gasteiger charge is 2.20. The summed E-state index contributed by atoms with van der Waals surface area (Å²) >= 11 is 1.74. The molecule has 0 bridgehead atoms. The summed E-state index contributed by atoms with van der Waals surface area (Å²) in [5.41, 5.74) is 0.0612. The summed E-state index contributed by atoms with van der Waals surface area (Å²) in [5.74, 6) is 0.202. The van der Waals surface area contributed by atoms with E-state index in [0.29, 0.717) is 6.54 Å². The molecule has 0 aliphatic carbocycles. The minimum Gasteiger partial charge on any atom is -0.315 e. The van der Waals surface area contributed by atoms with Crippen LogP contribution in [-0.4, -0.2) is 33.5 Å². The van der Waals surface area contributed by atoms with E-state index in [-0.39, 0.29) is 11.2 Å². The fourth-order valence-corrected chi connectivity index (χ4v) is 2.78. The molecule has 0 unspecified atom stereocenters. The number of nitrogens with one attached hydrogen (secondary N) is 1. The average Bonchev–Trinajstić information content (AvgIpc) is 2.64. The second-order valence-electron chi connectivity index (χ2n) is 4.67. The fourth-order valence-electron chi connectivity index (χ4n) is 1.41. The van der Waals surface area contributed by atoms with E-state index < -0.39 is 9.84 Å². The highest BCUT2D eigenvalue weighted by atomic mass is 32.2. The van der Waals surface area contributed by atoms with Crippen molar-refractivity contribution in [1.82, 2.24) is 5.32 Å². The van der Waals surface area contributed by atoms with Crippen LogP contribution in [0.5, 0.6) is 0 Å². The molecule has 1 rings (SSSR count). The third kappa shape index (κ3) is 4.63. The summed E-state index contributed by atoms with van der Waals surface area (Å²) in [6.45, 7) is 5.63. The number of hydrogen-bond donors (Lipinski definition) is 1. The minimum atomic E-state index is -2.86. The molecular weight excluding hydrogens is 242 g/mol. The van der Waals surface area contributed by atoms with Gasteiger partial charge in [-0.3, -0.25) is 0 Å². The third-order valence-electron chi connectivity index (χ3n) is 2.40. The summed E-state index contributed by atoms with van der Waals surface area (Å²) in [4.78, 5) is 1.32. The van der Waals surface area contributed by atoms with E-state index in [2.05, 4.69) is 30.6 Å². The van der Waals surface area contributed by atoms with E-state index in [1.807, 2.05) is 6.07 Å². The van der Waals surface area contributed by atoms with Crippen molar-refractivity contribution in [2.45, 2.75) is 19.3 Å². The van der Waals surface area contributed by atoms with Crippen molar-refractivity contribution >= 4 is 21.2 Å². The largest absolute Gasteiger partial charge is 0.315 e. The molecule has 5 heteroatoms. The standard InChI is InChI=1S/C11H19NO2S2/c1-11(2,10-5-4-7-15-10)9-12-6-8-16(3,13)14/h4-5,7,12H,6,8-9H2,1-3H3. The quantitative estimate of drug-likeness (QED) is 0.792. The van der Waals surface area contributed by atoms with Crippen LogP contribution in [0, 0.1) is 0 Å². The number of rotatable bonds is 6. The van der Waals surface area contributed by atoms with Gasteiger partial charge >= 0.3 is 0 Å². The maximum atomic E-state index is 10.9. The van der Waals surface area contributed by atoms with Gasteiger partial charge in [-0.15, -0.1) is 11.3 Å². The summed E-state index contributed by atoms with van der Waals surface area (Å²) in [7, 11) is -2.86. The molecule has 1 aromatic heterocycles. The number of sulfone groups is 1. The van der Waals surface area contributed by atoms with Crippen molar-refractivity contribution in [2.24, 2.45) is 0 Å². The van der Waals surface area contributed by atoms with E-state index in [1.165, 1.54) is 11.1 Å². The van der Waals surface area contributed by atoms with Crippen LogP contribution in [0.4, 0.5) is 0 Å². The summed E-state index contributed by atoms with van der Waals surface area (Å²) in [6, 6.07) is 4.15. The van der Waals surface area contributed by atoms with E-state index in [9.17, 15) is 8.42 Å². The van der Waals surface area contributed by atoms with Crippen molar-refractivity contribution < 1.29 is 8.42 Å². The Hall–Kier alpha value is -0.390.